The molecule has 114 valence electrons. The number of hydrogen-bond acceptors (Lipinski definition) is 3. The quantitative estimate of drug-likeness (QED) is 0.807. The first-order valence-corrected chi connectivity index (χ1v) is 7.69. The normalized spacial score (nSPS) is 25.3. The van der Waals surface area contributed by atoms with Gasteiger partial charge in [0.15, 0.2) is 0 Å². The number of nitrogens with zero attached hydrogens (tertiary/aromatic N) is 1. The molecule has 1 aromatic heterocycles. The third-order valence-corrected chi connectivity index (χ3v) is 4.61. The van der Waals surface area contributed by atoms with E-state index in [1.165, 1.54) is 12.0 Å². The molecule has 2 aromatic rings. The van der Waals surface area contributed by atoms with Gasteiger partial charge >= 0.3 is 5.69 Å². The van der Waals surface area contributed by atoms with Crippen molar-refractivity contribution in [3.63, 3.8) is 0 Å². The first-order valence-electron chi connectivity index (χ1n) is 7.69. The molecule has 0 amide bonds. The second kappa shape index (κ2) is 5.66. The molecule has 0 radical (unpaired) electrons. The van der Waals surface area contributed by atoms with Crippen molar-refractivity contribution >= 4 is 11.0 Å². The van der Waals surface area contributed by atoms with Crippen LogP contribution in [0, 0.1) is 5.92 Å². The molecular weight excluding hydrogens is 264 g/mol. The zero-order valence-corrected chi connectivity index (χ0v) is 12.9. The van der Waals surface area contributed by atoms with Crippen LogP contribution in [0.5, 0.6) is 0 Å². The molecule has 2 heterocycles. The van der Waals surface area contributed by atoms with Gasteiger partial charge in [0.05, 0.1) is 11.0 Å². The standard InChI is InChI=1S/C16H24N4O/c1-10-9-20(3)7-6-13(10)17-11(2)12-4-5-14-15(8-12)19-16(21)18-14/h4-5,8,10-11,13,17H,6-7,9H2,1-3H3,(H2,18,19,21). The molecule has 1 aromatic carbocycles. The second-order valence-electron chi connectivity index (χ2n) is 6.41. The first-order chi connectivity index (χ1) is 10.0. The lowest BCUT2D eigenvalue weighted by Gasteiger charge is -2.37. The molecule has 3 rings (SSSR count). The Labute approximate surface area is 124 Å². The van der Waals surface area contributed by atoms with Gasteiger partial charge in [0.25, 0.3) is 0 Å². The number of imidazole rings is 1. The maximum Gasteiger partial charge on any atom is 0.323 e. The zero-order valence-electron chi connectivity index (χ0n) is 12.9. The SMILES string of the molecule is CC(NC1CCN(C)CC1C)c1ccc2[nH]c(=O)[nH]c2c1. The highest BCUT2D eigenvalue weighted by atomic mass is 16.1. The average Bonchev–Trinajstić information content (AvgIpc) is 2.80. The minimum absolute atomic E-state index is 0.147. The summed E-state index contributed by atoms with van der Waals surface area (Å²) in [6.45, 7) is 6.80. The van der Waals surface area contributed by atoms with Gasteiger partial charge < -0.3 is 20.2 Å². The van der Waals surface area contributed by atoms with Gasteiger partial charge in [0.2, 0.25) is 0 Å². The molecule has 3 unspecified atom stereocenters. The van der Waals surface area contributed by atoms with Gasteiger partial charge in [-0.25, -0.2) is 4.79 Å². The first kappa shape index (κ1) is 14.4. The molecule has 1 aliphatic heterocycles. The Bertz CT molecular complexity index is 674. The number of piperidine rings is 1. The number of H-pyrrole nitrogens is 2. The molecule has 1 aliphatic rings. The Hall–Kier alpha value is -1.59. The van der Waals surface area contributed by atoms with Crippen molar-refractivity contribution in [2.24, 2.45) is 5.92 Å². The average molecular weight is 288 g/mol. The highest BCUT2D eigenvalue weighted by Gasteiger charge is 2.25. The van der Waals surface area contributed by atoms with Crippen molar-refractivity contribution in [3.05, 3.63) is 34.2 Å². The molecule has 3 N–H and O–H groups in total. The van der Waals surface area contributed by atoms with Crippen LogP contribution in [0.25, 0.3) is 11.0 Å². The second-order valence-corrected chi connectivity index (χ2v) is 6.41. The summed E-state index contributed by atoms with van der Waals surface area (Å²) in [4.78, 5) is 19.3. The number of fused-ring (bicyclic) bond motifs is 1. The lowest BCUT2D eigenvalue weighted by Crippen LogP contribution is -2.47. The molecule has 3 atom stereocenters. The zero-order chi connectivity index (χ0) is 15.0. The number of likely N-dealkylation sites (tertiary alicyclic amines) is 1. The third kappa shape index (κ3) is 3.04. The molecule has 0 saturated carbocycles. The molecular formula is C16H24N4O. The third-order valence-electron chi connectivity index (χ3n) is 4.61. The van der Waals surface area contributed by atoms with Crippen molar-refractivity contribution in [1.29, 1.82) is 0 Å². The summed E-state index contributed by atoms with van der Waals surface area (Å²) in [6, 6.07) is 6.95. The number of nitrogens with one attached hydrogen (secondary N) is 3. The van der Waals surface area contributed by atoms with Gasteiger partial charge in [0, 0.05) is 18.6 Å². The van der Waals surface area contributed by atoms with Gasteiger partial charge in [-0.1, -0.05) is 13.0 Å². The van der Waals surface area contributed by atoms with Crippen molar-refractivity contribution in [1.82, 2.24) is 20.2 Å². The monoisotopic (exact) mass is 288 g/mol. The maximum atomic E-state index is 11.3. The van der Waals surface area contributed by atoms with Crippen LogP contribution >= 0.6 is 0 Å². The van der Waals surface area contributed by atoms with Gasteiger partial charge in [0.1, 0.15) is 0 Å². The fourth-order valence-electron chi connectivity index (χ4n) is 3.34. The summed E-state index contributed by atoms with van der Waals surface area (Å²) in [7, 11) is 2.19. The fourth-order valence-corrected chi connectivity index (χ4v) is 3.34. The number of aromatic amines is 2. The summed E-state index contributed by atoms with van der Waals surface area (Å²) in [5.74, 6) is 0.655. The van der Waals surface area contributed by atoms with E-state index in [4.69, 9.17) is 0 Å². The van der Waals surface area contributed by atoms with E-state index in [1.807, 2.05) is 6.07 Å². The predicted molar refractivity (Wildman–Crippen MR) is 85.5 cm³/mol. The summed E-state index contributed by atoms with van der Waals surface area (Å²) < 4.78 is 0. The van der Waals surface area contributed by atoms with E-state index in [2.05, 4.69) is 53.2 Å². The van der Waals surface area contributed by atoms with E-state index in [0.29, 0.717) is 12.0 Å². The smallest absolute Gasteiger partial charge is 0.307 e. The predicted octanol–water partition coefficient (Wildman–Crippen LogP) is 1.85. The lowest BCUT2D eigenvalue weighted by atomic mass is 9.93. The van der Waals surface area contributed by atoms with Gasteiger partial charge in [-0.3, -0.25) is 0 Å². The minimum atomic E-state index is -0.147. The largest absolute Gasteiger partial charge is 0.323 e. The Balaban J connectivity index is 1.74. The number of aromatic nitrogens is 2. The van der Waals surface area contributed by atoms with Crippen LogP contribution in [0.4, 0.5) is 0 Å². The van der Waals surface area contributed by atoms with E-state index >= 15 is 0 Å². The van der Waals surface area contributed by atoms with E-state index in [-0.39, 0.29) is 11.7 Å². The molecule has 1 saturated heterocycles. The van der Waals surface area contributed by atoms with Gasteiger partial charge in [-0.05, 0) is 50.6 Å². The Morgan fingerprint density at radius 3 is 2.86 bits per heavy atom. The Morgan fingerprint density at radius 2 is 2.10 bits per heavy atom. The minimum Gasteiger partial charge on any atom is -0.307 e. The van der Waals surface area contributed by atoms with E-state index in [1.54, 1.807) is 0 Å². The van der Waals surface area contributed by atoms with Crippen LogP contribution in [-0.2, 0) is 0 Å². The summed E-state index contributed by atoms with van der Waals surface area (Å²) >= 11 is 0. The van der Waals surface area contributed by atoms with Gasteiger partial charge in [-0.15, -0.1) is 0 Å². The van der Waals surface area contributed by atoms with Crippen molar-refractivity contribution in [2.45, 2.75) is 32.4 Å². The Morgan fingerprint density at radius 1 is 1.33 bits per heavy atom. The van der Waals surface area contributed by atoms with Crippen LogP contribution < -0.4 is 11.0 Å². The molecule has 0 spiro atoms. The topological polar surface area (TPSA) is 63.9 Å². The fraction of sp³-hybridized carbons (Fsp3) is 0.562. The number of hydrogen-bond donors (Lipinski definition) is 3. The lowest BCUT2D eigenvalue weighted by molar-refractivity contribution is 0.168. The van der Waals surface area contributed by atoms with Crippen LogP contribution in [0.1, 0.15) is 31.9 Å². The molecule has 0 aliphatic carbocycles. The summed E-state index contributed by atoms with van der Waals surface area (Å²) in [5.41, 5.74) is 2.81. The van der Waals surface area contributed by atoms with Crippen molar-refractivity contribution < 1.29 is 0 Å². The van der Waals surface area contributed by atoms with Crippen LogP contribution in [0.15, 0.2) is 23.0 Å². The molecule has 1 fully saturated rings. The van der Waals surface area contributed by atoms with E-state index in [9.17, 15) is 4.79 Å². The summed E-state index contributed by atoms with van der Waals surface area (Å²) in [5, 5.41) is 3.75. The van der Waals surface area contributed by atoms with Crippen LogP contribution in [0.3, 0.4) is 0 Å². The highest BCUT2D eigenvalue weighted by Crippen LogP contribution is 2.22. The van der Waals surface area contributed by atoms with Crippen molar-refractivity contribution in [2.75, 3.05) is 20.1 Å². The van der Waals surface area contributed by atoms with Crippen LogP contribution in [0.2, 0.25) is 0 Å². The number of rotatable bonds is 3. The Kier molecular flexibility index (Phi) is 3.87. The molecule has 21 heavy (non-hydrogen) atoms. The van der Waals surface area contributed by atoms with E-state index in [0.717, 1.165) is 24.1 Å². The van der Waals surface area contributed by atoms with Crippen molar-refractivity contribution in [3.8, 4) is 0 Å². The maximum absolute atomic E-state index is 11.3. The molecule has 0 bridgehead atoms. The van der Waals surface area contributed by atoms with E-state index < -0.39 is 0 Å². The highest BCUT2D eigenvalue weighted by molar-refractivity contribution is 5.75. The van der Waals surface area contributed by atoms with Crippen LogP contribution in [-0.4, -0.2) is 41.0 Å². The molecule has 5 nitrogen and oxygen atoms in total. The molecule has 5 heteroatoms. The summed E-state index contributed by atoms with van der Waals surface area (Å²) in [6.07, 6.45) is 1.19. The van der Waals surface area contributed by atoms with Gasteiger partial charge in [-0.2, -0.15) is 0 Å². The number of benzene rings is 1.